The van der Waals surface area contributed by atoms with E-state index in [0.717, 1.165) is 12.1 Å². The zero-order chi connectivity index (χ0) is 13.9. The number of alkyl halides is 3. The van der Waals surface area contributed by atoms with Gasteiger partial charge in [0.25, 0.3) is 0 Å². The van der Waals surface area contributed by atoms with E-state index in [9.17, 15) is 27.9 Å². The number of halogens is 3. The predicted molar refractivity (Wildman–Crippen MR) is 54.4 cm³/mol. The topological polar surface area (TPSA) is 86.6 Å². The molecule has 0 aromatic heterocycles. The molecule has 0 heterocycles. The third-order valence-electron chi connectivity index (χ3n) is 1.90. The molecule has 0 radical (unpaired) electrons. The molecule has 5 nitrogen and oxygen atoms in total. The second kappa shape index (κ2) is 4.94. The number of amides is 1. The molecule has 0 spiro atoms. The summed E-state index contributed by atoms with van der Waals surface area (Å²) in [4.78, 5) is 21.6. The van der Waals surface area contributed by atoms with Crippen LogP contribution in [-0.2, 0) is 4.79 Å². The Morgan fingerprint density at radius 3 is 2.39 bits per heavy atom. The molecule has 18 heavy (non-hydrogen) atoms. The number of hydrogen-bond acceptors (Lipinski definition) is 3. The predicted octanol–water partition coefficient (Wildman–Crippen LogP) is 1.98. The minimum Gasteiger partial charge on any atom is -0.505 e. The van der Waals surface area contributed by atoms with Gasteiger partial charge in [0.2, 0.25) is 5.91 Å². The number of hydrogen-bond donors (Lipinski definition) is 3. The van der Waals surface area contributed by atoms with Gasteiger partial charge in [-0.05, 0) is 12.1 Å². The normalized spacial score (nSPS) is 11.1. The first-order valence-corrected chi connectivity index (χ1v) is 4.62. The first kappa shape index (κ1) is 13.8. The lowest BCUT2D eigenvalue weighted by atomic mass is 10.1. The maximum absolute atomic E-state index is 11.9. The molecule has 3 N–H and O–H groups in total. The maximum atomic E-state index is 11.9. The van der Waals surface area contributed by atoms with Gasteiger partial charge in [-0.15, -0.1) is 0 Å². The smallest absolute Gasteiger partial charge is 0.397 e. The molecule has 0 saturated heterocycles. The van der Waals surface area contributed by atoms with Crippen molar-refractivity contribution in [1.29, 1.82) is 0 Å². The molecule has 8 heteroatoms. The number of benzene rings is 1. The molecule has 1 aromatic rings. The molecule has 0 bridgehead atoms. The number of nitrogens with one attached hydrogen (secondary N) is 1. The Hall–Kier alpha value is -2.25. The lowest BCUT2D eigenvalue weighted by Gasteiger charge is -2.10. The van der Waals surface area contributed by atoms with E-state index < -0.39 is 35.8 Å². The van der Waals surface area contributed by atoms with Gasteiger partial charge in [0.05, 0.1) is 5.69 Å². The summed E-state index contributed by atoms with van der Waals surface area (Å²) in [5.41, 5.74) is -0.899. The Bertz CT molecular complexity index is 485. The van der Waals surface area contributed by atoms with Gasteiger partial charge < -0.3 is 15.5 Å². The van der Waals surface area contributed by atoms with Crippen LogP contribution in [-0.4, -0.2) is 28.3 Å². The molecule has 1 amide bonds. The molecule has 1 rings (SSSR count). The van der Waals surface area contributed by atoms with Crippen LogP contribution in [0.15, 0.2) is 18.2 Å². The van der Waals surface area contributed by atoms with Crippen LogP contribution in [0.25, 0.3) is 0 Å². The fourth-order valence-electron chi connectivity index (χ4n) is 1.19. The van der Waals surface area contributed by atoms with Crippen LogP contribution in [0.2, 0.25) is 0 Å². The monoisotopic (exact) mass is 263 g/mol. The van der Waals surface area contributed by atoms with Crippen molar-refractivity contribution in [2.75, 3.05) is 5.32 Å². The number of carbonyl (C=O) groups is 2. The van der Waals surface area contributed by atoms with E-state index in [1.54, 1.807) is 5.32 Å². The Kier molecular flexibility index (Phi) is 3.79. The van der Waals surface area contributed by atoms with E-state index >= 15 is 0 Å². The van der Waals surface area contributed by atoms with Gasteiger partial charge in [0.1, 0.15) is 12.0 Å². The summed E-state index contributed by atoms with van der Waals surface area (Å²) in [6.45, 7) is 0. The highest BCUT2D eigenvalue weighted by Gasteiger charge is 2.31. The number of rotatable bonds is 3. The van der Waals surface area contributed by atoms with Crippen molar-refractivity contribution in [3.63, 3.8) is 0 Å². The second-order valence-corrected chi connectivity index (χ2v) is 3.35. The second-order valence-electron chi connectivity index (χ2n) is 3.35. The highest BCUT2D eigenvalue weighted by atomic mass is 19.4. The van der Waals surface area contributed by atoms with E-state index in [4.69, 9.17) is 5.11 Å². The van der Waals surface area contributed by atoms with Crippen molar-refractivity contribution >= 4 is 17.6 Å². The van der Waals surface area contributed by atoms with Gasteiger partial charge in [0, 0.05) is 0 Å². The minimum atomic E-state index is -4.68. The minimum absolute atomic E-state index is 0.385. The molecular formula is C10H8F3NO4. The lowest BCUT2D eigenvalue weighted by Crippen LogP contribution is -2.21. The highest BCUT2D eigenvalue weighted by molar-refractivity contribution is 5.97. The van der Waals surface area contributed by atoms with Crippen molar-refractivity contribution in [2.45, 2.75) is 12.6 Å². The van der Waals surface area contributed by atoms with Crippen molar-refractivity contribution < 1.29 is 33.0 Å². The van der Waals surface area contributed by atoms with Crippen LogP contribution >= 0.6 is 0 Å². The van der Waals surface area contributed by atoms with Gasteiger partial charge in [-0.1, -0.05) is 6.07 Å². The molecule has 0 fully saturated rings. The van der Waals surface area contributed by atoms with Gasteiger partial charge >= 0.3 is 12.1 Å². The molecule has 0 atom stereocenters. The standard InChI is InChI=1S/C10H8F3NO4/c11-10(12,13)4-7(15)14-6-3-1-2-5(8(6)16)9(17)18/h1-3,16H,4H2,(H,14,15)(H,17,18). The van der Waals surface area contributed by atoms with E-state index in [1.807, 2.05) is 0 Å². The molecule has 98 valence electrons. The number of aromatic hydroxyl groups is 1. The summed E-state index contributed by atoms with van der Waals surface area (Å²) in [5, 5.41) is 19.9. The summed E-state index contributed by atoms with van der Waals surface area (Å²) in [5.74, 6) is -3.64. The quantitative estimate of drug-likeness (QED) is 0.728. The molecule has 0 aliphatic rings. The van der Waals surface area contributed by atoms with Crippen molar-refractivity contribution in [1.82, 2.24) is 0 Å². The molecule has 0 aliphatic heterocycles. The summed E-state index contributed by atoms with van der Waals surface area (Å²) in [7, 11) is 0. The van der Waals surface area contributed by atoms with Gasteiger partial charge in [-0.3, -0.25) is 4.79 Å². The summed E-state index contributed by atoms with van der Waals surface area (Å²) in [6.07, 6.45) is -6.39. The maximum Gasteiger partial charge on any atom is 0.397 e. The van der Waals surface area contributed by atoms with Crippen LogP contribution in [0.4, 0.5) is 18.9 Å². The molecule has 0 aliphatic carbocycles. The van der Waals surface area contributed by atoms with Gasteiger partial charge in [0.15, 0.2) is 5.75 Å². The van der Waals surface area contributed by atoms with E-state index in [2.05, 4.69) is 0 Å². The zero-order valence-corrected chi connectivity index (χ0v) is 8.78. The first-order valence-electron chi connectivity index (χ1n) is 4.62. The van der Waals surface area contributed by atoms with E-state index in [1.165, 1.54) is 6.07 Å². The van der Waals surface area contributed by atoms with E-state index in [0.29, 0.717) is 0 Å². The number of anilines is 1. The third-order valence-corrected chi connectivity index (χ3v) is 1.90. The van der Waals surface area contributed by atoms with Gasteiger partial charge in [-0.25, -0.2) is 4.79 Å². The summed E-state index contributed by atoms with van der Waals surface area (Å²) >= 11 is 0. The number of para-hydroxylation sites is 1. The largest absolute Gasteiger partial charge is 0.505 e. The fraction of sp³-hybridized carbons (Fsp3) is 0.200. The number of phenols is 1. The van der Waals surface area contributed by atoms with Crippen molar-refractivity contribution in [2.24, 2.45) is 0 Å². The third kappa shape index (κ3) is 3.65. The number of aromatic carboxylic acids is 1. The van der Waals surface area contributed by atoms with Gasteiger partial charge in [-0.2, -0.15) is 13.2 Å². The van der Waals surface area contributed by atoms with Crippen LogP contribution in [0.5, 0.6) is 5.75 Å². The highest BCUT2D eigenvalue weighted by Crippen LogP contribution is 2.28. The Morgan fingerprint density at radius 2 is 1.89 bits per heavy atom. The molecule has 1 aromatic carbocycles. The number of carboxylic acids is 1. The van der Waals surface area contributed by atoms with Crippen LogP contribution in [0.3, 0.4) is 0 Å². The Morgan fingerprint density at radius 1 is 1.28 bits per heavy atom. The number of carboxylic acid groups (broad SMARTS) is 1. The SMILES string of the molecule is O=C(CC(F)(F)F)Nc1cccc(C(=O)O)c1O. The lowest BCUT2D eigenvalue weighted by molar-refractivity contribution is -0.150. The molecule has 0 saturated carbocycles. The Balaban J connectivity index is 2.89. The van der Waals surface area contributed by atoms with E-state index in [-0.39, 0.29) is 5.69 Å². The van der Waals surface area contributed by atoms with Crippen LogP contribution in [0, 0.1) is 0 Å². The average molecular weight is 263 g/mol. The summed E-state index contributed by atoms with van der Waals surface area (Å²) < 4.78 is 35.7. The Labute approximate surface area is 98.8 Å². The summed E-state index contributed by atoms with van der Waals surface area (Å²) in [6, 6.07) is 3.33. The fourth-order valence-corrected chi connectivity index (χ4v) is 1.19. The molecule has 0 unspecified atom stereocenters. The van der Waals surface area contributed by atoms with Crippen molar-refractivity contribution in [3.8, 4) is 5.75 Å². The van der Waals surface area contributed by atoms with Crippen LogP contribution < -0.4 is 5.32 Å². The number of carbonyl (C=O) groups excluding carboxylic acids is 1. The first-order chi connectivity index (χ1) is 8.20. The van der Waals surface area contributed by atoms with Crippen molar-refractivity contribution in [3.05, 3.63) is 23.8 Å². The average Bonchev–Trinajstić information content (AvgIpc) is 2.17. The molecular weight excluding hydrogens is 255 g/mol. The zero-order valence-electron chi connectivity index (χ0n) is 8.78. The van der Waals surface area contributed by atoms with Crippen LogP contribution in [0.1, 0.15) is 16.8 Å².